The summed E-state index contributed by atoms with van der Waals surface area (Å²) in [5.41, 5.74) is 1.68. The van der Waals surface area contributed by atoms with Crippen LogP contribution in [0.15, 0.2) is 30.3 Å². The highest BCUT2D eigenvalue weighted by atomic mass is 32.1. The molecular weight excluding hydrogens is 404 g/mol. The maximum absolute atomic E-state index is 12.8. The smallest absolute Gasteiger partial charge is 0.321 e. The van der Waals surface area contributed by atoms with E-state index in [4.69, 9.17) is 9.47 Å². The third kappa shape index (κ3) is 4.55. The van der Waals surface area contributed by atoms with Crippen LogP contribution in [0, 0.1) is 6.92 Å². The molecule has 0 saturated carbocycles. The van der Waals surface area contributed by atoms with Crippen LogP contribution in [0.5, 0.6) is 6.01 Å². The topological polar surface area (TPSA) is 102 Å². The lowest BCUT2D eigenvalue weighted by molar-refractivity contribution is 0.0953. The zero-order valence-corrected chi connectivity index (χ0v) is 17.6. The van der Waals surface area contributed by atoms with Crippen molar-refractivity contribution in [2.24, 2.45) is 0 Å². The van der Waals surface area contributed by atoms with Crippen molar-refractivity contribution < 1.29 is 14.3 Å². The van der Waals surface area contributed by atoms with Gasteiger partial charge in [-0.3, -0.25) is 4.79 Å². The summed E-state index contributed by atoms with van der Waals surface area (Å²) in [7, 11) is 1.51. The molecular formula is C20H22N6O3S. The Morgan fingerprint density at radius 1 is 1.17 bits per heavy atom. The fourth-order valence-electron chi connectivity index (χ4n) is 3.01. The summed E-state index contributed by atoms with van der Waals surface area (Å²) < 4.78 is 10.6. The molecule has 1 amide bonds. The Bertz CT molecular complexity index is 1020. The lowest BCUT2D eigenvalue weighted by Gasteiger charge is -2.26. The number of nitrogens with one attached hydrogen (secondary N) is 1. The number of nitrogens with zero attached hydrogens (tertiary/aromatic N) is 5. The van der Waals surface area contributed by atoms with E-state index in [-0.39, 0.29) is 18.5 Å². The Morgan fingerprint density at radius 2 is 1.93 bits per heavy atom. The summed E-state index contributed by atoms with van der Waals surface area (Å²) >= 11 is 1.37. The molecule has 0 spiro atoms. The third-order valence-electron chi connectivity index (χ3n) is 4.56. The molecule has 10 heteroatoms. The standard InChI is InChI=1S/C20H22N6O3S/c1-13-16(30-18(22-13)14-6-4-3-5-7-14)17(27)21-12-15-23-19(25-20(24-15)28-2)26-8-10-29-11-9-26/h3-7H,8-12H2,1-2H3,(H,21,27). The molecule has 1 fully saturated rings. The van der Waals surface area contributed by atoms with E-state index >= 15 is 0 Å². The fourth-order valence-corrected chi connectivity index (χ4v) is 4.00. The van der Waals surface area contributed by atoms with Gasteiger partial charge < -0.3 is 19.7 Å². The van der Waals surface area contributed by atoms with E-state index in [2.05, 4.69) is 25.3 Å². The van der Waals surface area contributed by atoms with Gasteiger partial charge in [0.25, 0.3) is 5.91 Å². The molecule has 3 aromatic rings. The zero-order chi connectivity index (χ0) is 20.9. The summed E-state index contributed by atoms with van der Waals surface area (Å²) in [6.07, 6.45) is 0. The number of ether oxygens (including phenoxy) is 2. The van der Waals surface area contributed by atoms with E-state index in [1.807, 2.05) is 42.2 Å². The van der Waals surface area contributed by atoms with Gasteiger partial charge >= 0.3 is 6.01 Å². The van der Waals surface area contributed by atoms with Gasteiger partial charge in [0.05, 0.1) is 32.6 Å². The molecule has 30 heavy (non-hydrogen) atoms. The number of hydrogen-bond acceptors (Lipinski definition) is 9. The van der Waals surface area contributed by atoms with Gasteiger partial charge in [-0.1, -0.05) is 30.3 Å². The minimum Gasteiger partial charge on any atom is -0.467 e. The van der Waals surface area contributed by atoms with Gasteiger partial charge in [-0.25, -0.2) is 4.98 Å². The summed E-state index contributed by atoms with van der Waals surface area (Å²) in [5.74, 6) is 0.747. The van der Waals surface area contributed by atoms with Crippen molar-refractivity contribution in [2.45, 2.75) is 13.5 Å². The number of aryl methyl sites for hydroxylation is 1. The normalized spacial score (nSPS) is 13.9. The molecule has 1 N–H and O–H groups in total. The Kier molecular flexibility index (Phi) is 6.15. The number of carbonyl (C=O) groups excluding carboxylic acids is 1. The van der Waals surface area contributed by atoms with Crippen LogP contribution in [-0.2, 0) is 11.3 Å². The molecule has 2 aromatic heterocycles. The Morgan fingerprint density at radius 3 is 2.67 bits per heavy atom. The van der Waals surface area contributed by atoms with Crippen molar-refractivity contribution in [1.29, 1.82) is 0 Å². The predicted octanol–water partition coefficient (Wildman–Crippen LogP) is 2.08. The molecule has 4 rings (SSSR count). The number of anilines is 1. The van der Waals surface area contributed by atoms with Crippen LogP contribution >= 0.6 is 11.3 Å². The van der Waals surface area contributed by atoms with E-state index in [0.717, 1.165) is 10.6 Å². The second-order valence-corrected chi connectivity index (χ2v) is 7.62. The number of carbonyl (C=O) groups is 1. The largest absolute Gasteiger partial charge is 0.467 e. The van der Waals surface area contributed by atoms with Crippen LogP contribution in [-0.4, -0.2) is 59.3 Å². The number of thiazole rings is 1. The molecule has 156 valence electrons. The molecule has 3 heterocycles. The molecule has 0 aliphatic carbocycles. The van der Waals surface area contributed by atoms with Gasteiger partial charge in [-0.15, -0.1) is 11.3 Å². The van der Waals surface area contributed by atoms with E-state index in [0.29, 0.717) is 48.6 Å². The van der Waals surface area contributed by atoms with Crippen molar-refractivity contribution >= 4 is 23.2 Å². The quantitative estimate of drug-likeness (QED) is 0.639. The Hall–Kier alpha value is -3.11. The van der Waals surface area contributed by atoms with Crippen LogP contribution in [0.1, 0.15) is 21.2 Å². The van der Waals surface area contributed by atoms with E-state index in [9.17, 15) is 4.79 Å². The van der Waals surface area contributed by atoms with Crippen molar-refractivity contribution in [3.05, 3.63) is 46.7 Å². The zero-order valence-electron chi connectivity index (χ0n) is 16.8. The first-order valence-corrected chi connectivity index (χ1v) is 10.4. The monoisotopic (exact) mass is 426 g/mol. The minimum atomic E-state index is -0.209. The SMILES string of the molecule is COc1nc(CNC(=O)c2sc(-c3ccccc3)nc2C)nc(N2CCOCC2)n1. The first kappa shape index (κ1) is 20.2. The molecule has 0 unspecified atom stereocenters. The summed E-state index contributed by atoms with van der Waals surface area (Å²) in [6, 6.07) is 10.0. The van der Waals surface area contributed by atoms with E-state index in [1.54, 1.807) is 0 Å². The molecule has 0 atom stereocenters. The highest BCUT2D eigenvalue weighted by Crippen LogP contribution is 2.27. The van der Waals surface area contributed by atoms with Crippen LogP contribution in [0.4, 0.5) is 5.95 Å². The molecule has 9 nitrogen and oxygen atoms in total. The number of amides is 1. The fraction of sp³-hybridized carbons (Fsp3) is 0.350. The lowest BCUT2D eigenvalue weighted by Crippen LogP contribution is -2.37. The van der Waals surface area contributed by atoms with Crippen molar-refractivity contribution in [3.8, 4) is 16.6 Å². The molecule has 0 radical (unpaired) electrons. The average Bonchev–Trinajstić information content (AvgIpc) is 3.20. The lowest BCUT2D eigenvalue weighted by atomic mass is 10.2. The van der Waals surface area contributed by atoms with Gasteiger partial charge in [0.15, 0.2) is 5.82 Å². The summed E-state index contributed by atoms with van der Waals surface area (Å²) in [5, 5.41) is 3.70. The molecule has 1 saturated heterocycles. The maximum Gasteiger partial charge on any atom is 0.321 e. The van der Waals surface area contributed by atoms with Crippen LogP contribution in [0.2, 0.25) is 0 Å². The van der Waals surface area contributed by atoms with Crippen LogP contribution < -0.4 is 15.0 Å². The van der Waals surface area contributed by atoms with Crippen molar-refractivity contribution in [1.82, 2.24) is 25.3 Å². The first-order chi connectivity index (χ1) is 14.6. The first-order valence-electron chi connectivity index (χ1n) is 9.56. The van der Waals surface area contributed by atoms with Gasteiger partial charge in [0.2, 0.25) is 5.95 Å². The van der Waals surface area contributed by atoms with Crippen molar-refractivity contribution in [3.63, 3.8) is 0 Å². The Labute approximate surface area is 178 Å². The van der Waals surface area contributed by atoms with Gasteiger partial charge in [-0.05, 0) is 6.92 Å². The second-order valence-electron chi connectivity index (χ2n) is 6.62. The third-order valence-corrected chi connectivity index (χ3v) is 5.76. The molecule has 1 aliphatic rings. The number of benzene rings is 1. The average molecular weight is 427 g/mol. The maximum atomic E-state index is 12.8. The number of hydrogen-bond donors (Lipinski definition) is 1. The highest BCUT2D eigenvalue weighted by Gasteiger charge is 2.19. The highest BCUT2D eigenvalue weighted by molar-refractivity contribution is 7.17. The van der Waals surface area contributed by atoms with Gasteiger partial charge in [-0.2, -0.15) is 15.0 Å². The number of aromatic nitrogens is 4. The second kappa shape index (κ2) is 9.14. The molecule has 0 bridgehead atoms. The number of morpholine rings is 1. The minimum absolute atomic E-state index is 0.160. The van der Waals surface area contributed by atoms with Gasteiger partial charge in [0.1, 0.15) is 9.88 Å². The number of methoxy groups -OCH3 is 1. The summed E-state index contributed by atoms with van der Waals surface area (Å²) in [6.45, 7) is 4.62. The van der Waals surface area contributed by atoms with Crippen LogP contribution in [0.3, 0.4) is 0 Å². The summed E-state index contributed by atoms with van der Waals surface area (Å²) in [4.78, 5) is 32.9. The number of rotatable bonds is 6. The van der Waals surface area contributed by atoms with Crippen LogP contribution in [0.25, 0.3) is 10.6 Å². The van der Waals surface area contributed by atoms with E-state index < -0.39 is 0 Å². The van der Waals surface area contributed by atoms with Gasteiger partial charge in [0, 0.05) is 18.7 Å². The predicted molar refractivity (Wildman–Crippen MR) is 113 cm³/mol. The van der Waals surface area contributed by atoms with E-state index in [1.165, 1.54) is 18.4 Å². The molecule has 1 aromatic carbocycles. The Balaban J connectivity index is 1.48. The van der Waals surface area contributed by atoms with Crippen molar-refractivity contribution in [2.75, 3.05) is 38.3 Å². The molecule has 1 aliphatic heterocycles.